The van der Waals surface area contributed by atoms with Crippen LogP contribution in [0.5, 0.6) is 0 Å². The maximum atomic E-state index is 5.11. The van der Waals surface area contributed by atoms with E-state index in [2.05, 4.69) is 42.8 Å². The van der Waals surface area contributed by atoms with Gasteiger partial charge in [-0.25, -0.2) is 15.0 Å². The second-order valence-corrected chi connectivity index (χ2v) is 9.84. The average molecular weight is 387 g/mol. The van der Waals surface area contributed by atoms with E-state index in [0.717, 1.165) is 34.1 Å². The van der Waals surface area contributed by atoms with Crippen LogP contribution >= 0.6 is 23.1 Å². The normalized spacial score (nSPS) is 14.2. The van der Waals surface area contributed by atoms with Crippen LogP contribution in [0, 0.1) is 5.92 Å². The van der Waals surface area contributed by atoms with Crippen LogP contribution in [-0.2, 0) is 19.3 Å². The number of thioether (sulfide) groups is 1. The van der Waals surface area contributed by atoms with Gasteiger partial charge in [-0.15, -0.1) is 23.1 Å². The van der Waals surface area contributed by atoms with Gasteiger partial charge in [-0.2, -0.15) is 0 Å². The molecule has 3 aromatic heterocycles. The van der Waals surface area contributed by atoms with Crippen LogP contribution in [0.25, 0.3) is 20.4 Å². The number of pyridine rings is 1. The Kier molecular flexibility index (Phi) is 5.17. The molecular weight excluding hydrogens is 360 g/mol. The van der Waals surface area contributed by atoms with E-state index in [-0.39, 0.29) is 0 Å². The van der Waals surface area contributed by atoms with Crippen LogP contribution in [0.1, 0.15) is 37.1 Å². The molecule has 3 aromatic rings. The van der Waals surface area contributed by atoms with Gasteiger partial charge in [-0.1, -0.05) is 13.8 Å². The highest BCUT2D eigenvalue weighted by molar-refractivity contribution is 7.99. The molecule has 0 saturated heterocycles. The minimum atomic E-state index is 0.635. The number of thiophene rings is 1. The van der Waals surface area contributed by atoms with Crippen LogP contribution in [0.15, 0.2) is 11.4 Å². The molecule has 0 amide bonds. The summed E-state index contributed by atoms with van der Waals surface area (Å²) in [6.45, 7) is 5.61. The molecule has 0 atom stereocenters. The van der Waals surface area contributed by atoms with E-state index in [1.165, 1.54) is 46.2 Å². The minimum absolute atomic E-state index is 0.635. The van der Waals surface area contributed by atoms with Crippen molar-refractivity contribution in [2.45, 2.75) is 44.6 Å². The Morgan fingerprint density at radius 3 is 2.77 bits per heavy atom. The summed E-state index contributed by atoms with van der Waals surface area (Å²) in [5, 5.41) is 2.42. The summed E-state index contributed by atoms with van der Waals surface area (Å²) in [6, 6.07) is 0. The van der Waals surface area contributed by atoms with Crippen LogP contribution in [0.4, 0.5) is 0 Å². The van der Waals surface area contributed by atoms with Crippen molar-refractivity contribution >= 4 is 43.5 Å². The molecule has 4 nitrogen and oxygen atoms in total. The number of fused-ring (bicyclic) bond motifs is 5. The van der Waals surface area contributed by atoms with Crippen molar-refractivity contribution in [1.82, 2.24) is 19.9 Å². The molecule has 26 heavy (non-hydrogen) atoms. The van der Waals surface area contributed by atoms with E-state index < -0.39 is 0 Å². The Bertz CT molecular complexity index is 946. The lowest BCUT2D eigenvalue weighted by Gasteiger charge is -2.11. The molecule has 0 fully saturated rings. The van der Waals surface area contributed by atoms with Crippen molar-refractivity contribution in [2.75, 3.05) is 26.4 Å². The van der Waals surface area contributed by atoms with E-state index in [0.29, 0.717) is 5.92 Å². The Hall–Kier alpha value is -1.24. The molecule has 138 valence electrons. The second-order valence-electron chi connectivity index (χ2n) is 7.76. The molecule has 0 radical (unpaired) electrons. The molecule has 0 aromatic carbocycles. The quantitative estimate of drug-likeness (QED) is 0.458. The third kappa shape index (κ3) is 3.35. The summed E-state index contributed by atoms with van der Waals surface area (Å²) >= 11 is 3.62. The highest BCUT2D eigenvalue weighted by Crippen LogP contribution is 2.42. The van der Waals surface area contributed by atoms with Gasteiger partial charge in [0.2, 0.25) is 0 Å². The lowest BCUT2D eigenvalue weighted by molar-refractivity contribution is 0.437. The standard InChI is InChI=1S/C20H26N4S2/c1-12(2)10-15-13-6-5-7-14(13)16-17-18(26-19(16)23-15)20(22-11-21-17)25-9-8-24(3)4/h11-12H,5-10H2,1-4H3. The summed E-state index contributed by atoms with van der Waals surface area (Å²) in [7, 11) is 4.22. The number of aryl methyl sites for hydroxylation is 1. The van der Waals surface area contributed by atoms with Gasteiger partial charge < -0.3 is 4.90 Å². The van der Waals surface area contributed by atoms with E-state index >= 15 is 0 Å². The first-order valence-electron chi connectivity index (χ1n) is 9.40. The zero-order valence-electron chi connectivity index (χ0n) is 16.0. The van der Waals surface area contributed by atoms with Crippen molar-refractivity contribution in [2.24, 2.45) is 5.92 Å². The Balaban J connectivity index is 1.83. The van der Waals surface area contributed by atoms with Gasteiger partial charge in [0.05, 0.1) is 10.2 Å². The molecule has 3 heterocycles. The van der Waals surface area contributed by atoms with Crippen LogP contribution in [0.3, 0.4) is 0 Å². The Morgan fingerprint density at radius 2 is 2.00 bits per heavy atom. The van der Waals surface area contributed by atoms with Crippen molar-refractivity contribution in [3.63, 3.8) is 0 Å². The summed E-state index contributed by atoms with van der Waals surface area (Å²) < 4.78 is 1.22. The van der Waals surface area contributed by atoms with E-state index in [4.69, 9.17) is 4.98 Å². The highest BCUT2D eigenvalue weighted by Gasteiger charge is 2.24. The first-order chi connectivity index (χ1) is 12.5. The SMILES string of the molecule is CC(C)Cc1nc2sc3c(SCCN(C)C)ncnc3c2c2c1CCC2. The fourth-order valence-electron chi connectivity index (χ4n) is 3.74. The summed E-state index contributed by atoms with van der Waals surface area (Å²) in [4.78, 5) is 17.7. The van der Waals surface area contributed by atoms with Crippen molar-refractivity contribution in [1.29, 1.82) is 0 Å². The number of rotatable bonds is 6. The fraction of sp³-hybridized carbons (Fsp3) is 0.550. The smallest absolute Gasteiger partial charge is 0.126 e. The van der Waals surface area contributed by atoms with Gasteiger partial charge in [0, 0.05) is 23.4 Å². The van der Waals surface area contributed by atoms with Gasteiger partial charge >= 0.3 is 0 Å². The van der Waals surface area contributed by atoms with Crippen molar-refractivity contribution in [3.8, 4) is 0 Å². The monoisotopic (exact) mass is 386 g/mol. The third-order valence-electron chi connectivity index (χ3n) is 4.90. The molecule has 1 aliphatic rings. The lowest BCUT2D eigenvalue weighted by atomic mass is 9.99. The number of hydrogen-bond acceptors (Lipinski definition) is 6. The first-order valence-corrected chi connectivity index (χ1v) is 11.2. The molecule has 0 spiro atoms. The minimum Gasteiger partial charge on any atom is -0.309 e. The molecule has 0 N–H and O–H groups in total. The fourth-order valence-corrected chi connectivity index (χ4v) is 6.10. The predicted molar refractivity (Wildman–Crippen MR) is 113 cm³/mol. The maximum Gasteiger partial charge on any atom is 0.126 e. The molecule has 4 rings (SSSR count). The van der Waals surface area contributed by atoms with E-state index in [9.17, 15) is 0 Å². The zero-order valence-corrected chi connectivity index (χ0v) is 17.6. The summed E-state index contributed by atoms with van der Waals surface area (Å²) in [5.74, 6) is 1.67. The molecule has 0 bridgehead atoms. The molecular formula is C20H26N4S2. The lowest BCUT2D eigenvalue weighted by Crippen LogP contribution is -2.14. The molecule has 0 saturated carbocycles. The number of nitrogens with zero attached hydrogens (tertiary/aromatic N) is 4. The van der Waals surface area contributed by atoms with Gasteiger partial charge in [0.25, 0.3) is 0 Å². The molecule has 6 heteroatoms. The van der Waals surface area contributed by atoms with Gasteiger partial charge in [0.1, 0.15) is 16.2 Å². The van der Waals surface area contributed by atoms with Crippen molar-refractivity contribution < 1.29 is 0 Å². The predicted octanol–water partition coefficient (Wildman–Crippen LogP) is 4.58. The van der Waals surface area contributed by atoms with E-state index in [1.54, 1.807) is 17.7 Å². The average Bonchev–Trinajstić information content (AvgIpc) is 3.18. The summed E-state index contributed by atoms with van der Waals surface area (Å²) in [5.41, 5.74) is 5.46. The third-order valence-corrected chi connectivity index (χ3v) is 7.08. The molecule has 0 unspecified atom stereocenters. The number of aromatic nitrogens is 3. The first kappa shape index (κ1) is 18.1. The zero-order chi connectivity index (χ0) is 18.3. The van der Waals surface area contributed by atoms with Crippen LogP contribution in [0.2, 0.25) is 0 Å². The van der Waals surface area contributed by atoms with Crippen LogP contribution < -0.4 is 0 Å². The summed E-state index contributed by atoms with van der Waals surface area (Å²) in [6.07, 6.45) is 6.39. The topological polar surface area (TPSA) is 41.9 Å². The van der Waals surface area contributed by atoms with E-state index in [1.807, 2.05) is 11.8 Å². The molecule has 0 aliphatic heterocycles. The van der Waals surface area contributed by atoms with Gasteiger partial charge in [-0.3, -0.25) is 0 Å². The van der Waals surface area contributed by atoms with Gasteiger partial charge in [-0.05, 0) is 56.8 Å². The molecule has 1 aliphatic carbocycles. The Labute approximate surface area is 163 Å². The van der Waals surface area contributed by atoms with Gasteiger partial charge in [0.15, 0.2) is 0 Å². The van der Waals surface area contributed by atoms with Crippen molar-refractivity contribution in [3.05, 3.63) is 23.1 Å². The number of hydrogen-bond donors (Lipinski definition) is 0. The highest BCUT2D eigenvalue weighted by atomic mass is 32.2. The van der Waals surface area contributed by atoms with Crippen LogP contribution in [-0.4, -0.2) is 46.2 Å². The second kappa shape index (κ2) is 7.41. The Morgan fingerprint density at radius 1 is 1.19 bits per heavy atom. The largest absolute Gasteiger partial charge is 0.309 e. The maximum absolute atomic E-state index is 5.11.